The van der Waals surface area contributed by atoms with Crippen LogP contribution >= 0.6 is 0 Å². The average molecular weight is 363 g/mol. The normalized spacial score (nSPS) is 14.3. The van der Waals surface area contributed by atoms with E-state index in [0.29, 0.717) is 28.3 Å². The second kappa shape index (κ2) is 6.80. The standard InChI is InChI=1S/C22H25N3O2/c1-13(2)25(14(3)4)22(26)17-12-18(15-10-11-15)23-21-19(17)20(24-27-21)16-8-6-5-7-9-16/h5-9,12-15H,10-11H2,1-4H3. The minimum atomic E-state index is 0.00896. The molecule has 140 valence electrons. The maximum absolute atomic E-state index is 13.5. The van der Waals surface area contributed by atoms with Crippen molar-refractivity contribution in [3.05, 3.63) is 47.7 Å². The van der Waals surface area contributed by atoms with E-state index in [1.165, 1.54) is 0 Å². The Morgan fingerprint density at radius 3 is 2.37 bits per heavy atom. The molecule has 4 rings (SSSR count). The van der Waals surface area contributed by atoms with E-state index in [1.54, 1.807) is 0 Å². The maximum Gasteiger partial charge on any atom is 0.259 e. The molecule has 5 nitrogen and oxygen atoms in total. The number of fused-ring (bicyclic) bond motifs is 1. The molecule has 5 heteroatoms. The first-order valence-electron chi connectivity index (χ1n) is 9.65. The van der Waals surface area contributed by atoms with Gasteiger partial charge >= 0.3 is 0 Å². The molecule has 2 aromatic heterocycles. The van der Waals surface area contributed by atoms with Crippen LogP contribution < -0.4 is 0 Å². The number of amides is 1. The Morgan fingerprint density at radius 1 is 1.11 bits per heavy atom. The van der Waals surface area contributed by atoms with E-state index >= 15 is 0 Å². The molecule has 0 saturated heterocycles. The van der Waals surface area contributed by atoms with Crippen molar-refractivity contribution in [1.29, 1.82) is 0 Å². The van der Waals surface area contributed by atoms with Crippen LogP contribution in [0.25, 0.3) is 22.4 Å². The largest absolute Gasteiger partial charge is 0.335 e. The topological polar surface area (TPSA) is 59.2 Å². The van der Waals surface area contributed by atoms with Crippen molar-refractivity contribution in [2.45, 2.75) is 58.5 Å². The number of rotatable bonds is 5. The zero-order valence-corrected chi connectivity index (χ0v) is 16.3. The van der Waals surface area contributed by atoms with Gasteiger partial charge in [0.15, 0.2) is 0 Å². The van der Waals surface area contributed by atoms with Crippen LogP contribution in [0.1, 0.15) is 62.5 Å². The highest BCUT2D eigenvalue weighted by Crippen LogP contribution is 2.41. The van der Waals surface area contributed by atoms with Gasteiger partial charge in [-0.15, -0.1) is 0 Å². The number of carbonyl (C=O) groups excluding carboxylic acids is 1. The summed E-state index contributed by atoms with van der Waals surface area (Å²) in [6.45, 7) is 8.18. The molecule has 0 radical (unpaired) electrons. The van der Waals surface area contributed by atoms with E-state index in [1.807, 2.05) is 69.0 Å². The third kappa shape index (κ3) is 3.22. The van der Waals surface area contributed by atoms with Crippen molar-refractivity contribution < 1.29 is 9.32 Å². The minimum absolute atomic E-state index is 0.00896. The first kappa shape index (κ1) is 17.7. The molecule has 0 unspecified atom stereocenters. The fraction of sp³-hybridized carbons (Fsp3) is 0.409. The summed E-state index contributed by atoms with van der Waals surface area (Å²) in [5.41, 5.74) is 3.63. The molecule has 1 aliphatic rings. The minimum Gasteiger partial charge on any atom is -0.335 e. The summed E-state index contributed by atoms with van der Waals surface area (Å²) < 4.78 is 5.58. The zero-order chi connectivity index (χ0) is 19.1. The monoisotopic (exact) mass is 363 g/mol. The molecule has 1 fully saturated rings. The zero-order valence-electron chi connectivity index (χ0n) is 16.3. The highest BCUT2D eigenvalue weighted by Gasteiger charge is 2.31. The lowest BCUT2D eigenvalue weighted by atomic mass is 10.0. The molecule has 1 saturated carbocycles. The Labute approximate surface area is 159 Å². The van der Waals surface area contributed by atoms with E-state index in [2.05, 4.69) is 10.1 Å². The lowest BCUT2D eigenvalue weighted by molar-refractivity contribution is 0.0645. The molecule has 0 bridgehead atoms. The van der Waals surface area contributed by atoms with Gasteiger partial charge in [0.1, 0.15) is 5.69 Å². The van der Waals surface area contributed by atoms with E-state index in [4.69, 9.17) is 4.52 Å². The van der Waals surface area contributed by atoms with Crippen LogP contribution in [0.3, 0.4) is 0 Å². The molecule has 27 heavy (non-hydrogen) atoms. The lowest BCUT2D eigenvalue weighted by Crippen LogP contribution is -2.42. The van der Waals surface area contributed by atoms with Crippen LogP contribution in [0.15, 0.2) is 40.9 Å². The summed E-state index contributed by atoms with van der Waals surface area (Å²) in [6.07, 6.45) is 2.23. The number of aromatic nitrogens is 2. The molecule has 0 aliphatic heterocycles. The van der Waals surface area contributed by atoms with Gasteiger partial charge in [-0.05, 0) is 46.6 Å². The van der Waals surface area contributed by atoms with Gasteiger partial charge in [-0.3, -0.25) is 4.79 Å². The summed E-state index contributed by atoms with van der Waals surface area (Å²) in [7, 11) is 0. The van der Waals surface area contributed by atoms with Crippen molar-refractivity contribution >= 4 is 17.0 Å². The van der Waals surface area contributed by atoms with Crippen molar-refractivity contribution in [3.8, 4) is 11.3 Å². The number of pyridine rings is 1. The van der Waals surface area contributed by atoms with Crippen LogP contribution in [-0.4, -0.2) is 33.0 Å². The lowest BCUT2D eigenvalue weighted by Gasteiger charge is -2.31. The van der Waals surface area contributed by atoms with Gasteiger partial charge < -0.3 is 9.42 Å². The number of nitrogens with zero attached hydrogens (tertiary/aromatic N) is 3. The molecule has 2 heterocycles. The Hall–Kier alpha value is -2.69. The first-order chi connectivity index (χ1) is 13.0. The molecule has 1 amide bonds. The van der Waals surface area contributed by atoms with Crippen molar-refractivity contribution in [3.63, 3.8) is 0 Å². The van der Waals surface area contributed by atoms with E-state index < -0.39 is 0 Å². The fourth-order valence-corrected chi connectivity index (χ4v) is 3.72. The number of benzene rings is 1. The van der Waals surface area contributed by atoms with E-state index in [-0.39, 0.29) is 18.0 Å². The summed E-state index contributed by atoms with van der Waals surface area (Å²) in [6, 6.07) is 12.0. The third-order valence-electron chi connectivity index (χ3n) is 5.09. The van der Waals surface area contributed by atoms with Crippen LogP contribution in [0.4, 0.5) is 0 Å². The van der Waals surface area contributed by atoms with Gasteiger partial charge in [0.2, 0.25) is 0 Å². The van der Waals surface area contributed by atoms with Crippen LogP contribution in [0.5, 0.6) is 0 Å². The summed E-state index contributed by atoms with van der Waals surface area (Å²) in [5, 5.41) is 4.98. The summed E-state index contributed by atoms with van der Waals surface area (Å²) in [4.78, 5) is 20.1. The van der Waals surface area contributed by atoms with Gasteiger partial charge in [0.05, 0.1) is 10.9 Å². The quantitative estimate of drug-likeness (QED) is 0.638. The first-order valence-corrected chi connectivity index (χ1v) is 9.65. The highest BCUT2D eigenvalue weighted by molar-refractivity contribution is 6.09. The van der Waals surface area contributed by atoms with Crippen molar-refractivity contribution in [2.24, 2.45) is 0 Å². The molecule has 1 aliphatic carbocycles. The molecular weight excluding hydrogens is 338 g/mol. The van der Waals surface area contributed by atoms with Crippen LogP contribution in [-0.2, 0) is 0 Å². The third-order valence-corrected chi connectivity index (χ3v) is 5.09. The van der Waals surface area contributed by atoms with E-state index in [0.717, 1.165) is 24.1 Å². The molecule has 0 atom stereocenters. The number of carbonyl (C=O) groups is 1. The molecule has 0 spiro atoms. The Balaban J connectivity index is 1.93. The predicted molar refractivity (Wildman–Crippen MR) is 106 cm³/mol. The number of hydrogen-bond donors (Lipinski definition) is 0. The fourth-order valence-electron chi connectivity index (χ4n) is 3.72. The molecule has 1 aromatic carbocycles. The van der Waals surface area contributed by atoms with Gasteiger partial charge in [0.25, 0.3) is 11.6 Å². The Morgan fingerprint density at radius 2 is 1.78 bits per heavy atom. The molecule has 0 N–H and O–H groups in total. The Bertz CT molecular complexity index is 964. The van der Waals surface area contributed by atoms with Crippen LogP contribution in [0.2, 0.25) is 0 Å². The second-order valence-corrected chi connectivity index (χ2v) is 7.85. The maximum atomic E-state index is 13.5. The van der Waals surface area contributed by atoms with Gasteiger partial charge in [-0.25, -0.2) is 4.98 Å². The smallest absolute Gasteiger partial charge is 0.259 e. The summed E-state index contributed by atoms with van der Waals surface area (Å²) >= 11 is 0. The van der Waals surface area contributed by atoms with Crippen LogP contribution in [0, 0.1) is 0 Å². The average Bonchev–Trinajstić information content (AvgIpc) is 3.40. The summed E-state index contributed by atoms with van der Waals surface area (Å²) in [5.74, 6) is 0.437. The van der Waals surface area contributed by atoms with Crippen molar-refractivity contribution in [1.82, 2.24) is 15.0 Å². The highest BCUT2D eigenvalue weighted by atomic mass is 16.5. The number of hydrogen-bond acceptors (Lipinski definition) is 4. The van der Waals surface area contributed by atoms with Gasteiger partial charge in [0, 0.05) is 29.3 Å². The van der Waals surface area contributed by atoms with E-state index in [9.17, 15) is 4.79 Å². The van der Waals surface area contributed by atoms with Crippen molar-refractivity contribution in [2.75, 3.05) is 0 Å². The Kier molecular flexibility index (Phi) is 4.46. The second-order valence-electron chi connectivity index (χ2n) is 7.85. The van der Waals surface area contributed by atoms with Gasteiger partial charge in [-0.1, -0.05) is 35.5 Å². The predicted octanol–water partition coefficient (Wildman–Crippen LogP) is 5.03. The molecular formula is C22H25N3O2. The SMILES string of the molecule is CC(C)N(C(=O)c1cc(C2CC2)nc2onc(-c3ccccc3)c12)C(C)C. The molecule has 3 aromatic rings. The van der Waals surface area contributed by atoms with Gasteiger partial charge in [-0.2, -0.15) is 0 Å².